The molecule has 0 radical (unpaired) electrons. The molecule has 0 aromatic heterocycles. The van der Waals surface area contributed by atoms with E-state index >= 15 is 0 Å². The number of amides is 1. The van der Waals surface area contributed by atoms with Gasteiger partial charge in [-0.05, 0) is 40.2 Å². The van der Waals surface area contributed by atoms with Crippen LogP contribution in [-0.4, -0.2) is 38.8 Å². The molecule has 5 nitrogen and oxygen atoms in total. The Labute approximate surface area is 110 Å². The first-order valence-electron chi connectivity index (χ1n) is 6.34. The van der Waals surface area contributed by atoms with Crippen molar-refractivity contribution in [3.05, 3.63) is 0 Å². The number of nitriles is 1. The summed E-state index contributed by atoms with van der Waals surface area (Å²) < 4.78 is 4.85. The van der Waals surface area contributed by atoms with E-state index in [-0.39, 0.29) is 17.4 Å². The van der Waals surface area contributed by atoms with E-state index in [1.54, 1.807) is 7.11 Å². The van der Waals surface area contributed by atoms with E-state index in [1.807, 2.05) is 20.8 Å². The summed E-state index contributed by atoms with van der Waals surface area (Å²) in [6.45, 7) is 7.47. The monoisotopic (exact) mass is 255 g/mol. The first-order chi connectivity index (χ1) is 8.43. The van der Waals surface area contributed by atoms with Gasteiger partial charge in [0.1, 0.15) is 0 Å². The molecular weight excluding hydrogens is 230 g/mol. The number of carbonyl (C=O) groups is 1. The van der Waals surface area contributed by atoms with E-state index in [0.717, 1.165) is 19.4 Å². The Bertz CT molecular complexity index is 284. The summed E-state index contributed by atoms with van der Waals surface area (Å²) in [5, 5.41) is 14.8. The molecule has 1 unspecified atom stereocenters. The lowest BCUT2D eigenvalue weighted by Gasteiger charge is -2.17. The van der Waals surface area contributed by atoms with Crippen molar-refractivity contribution in [3.63, 3.8) is 0 Å². The van der Waals surface area contributed by atoms with Gasteiger partial charge in [-0.15, -0.1) is 0 Å². The van der Waals surface area contributed by atoms with Crippen LogP contribution in [0, 0.1) is 16.7 Å². The Morgan fingerprint density at radius 3 is 2.67 bits per heavy atom. The third-order valence-corrected chi connectivity index (χ3v) is 2.73. The van der Waals surface area contributed by atoms with E-state index in [1.165, 1.54) is 0 Å². The van der Waals surface area contributed by atoms with Gasteiger partial charge in [0.15, 0.2) is 0 Å². The van der Waals surface area contributed by atoms with Crippen molar-refractivity contribution < 1.29 is 9.53 Å². The zero-order chi connectivity index (χ0) is 14.0. The van der Waals surface area contributed by atoms with E-state index in [4.69, 9.17) is 10.00 Å². The fourth-order valence-corrected chi connectivity index (χ4v) is 1.43. The van der Waals surface area contributed by atoms with Gasteiger partial charge in [-0.2, -0.15) is 5.26 Å². The molecule has 0 aromatic carbocycles. The molecule has 1 atom stereocenters. The number of hydrogen-bond donors (Lipinski definition) is 2. The summed E-state index contributed by atoms with van der Waals surface area (Å²) in [6.07, 6.45) is 1.71. The molecule has 0 heterocycles. The number of carbonyl (C=O) groups excluding carboxylic acids is 1. The maximum absolute atomic E-state index is 11.6. The third kappa shape index (κ3) is 8.04. The molecular formula is C13H25N3O2. The number of methoxy groups -OCH3 is 1. The maximum Gasteiger partial charge on any atom is 0.236 e. The van der Waals surface area contributed by atoms with Crippen molar-refractivity contribution in [2.45, 2.75) is 39.7 Å². The van der Waals surface area contributed by atoms with Gasteiger partial charge < -0.3 is 15.4 Å². The molecule has 0 saturated carbocycles. The van der Waals surface area contributed by atoms with Crippen LogP contribution in [0.2, 0.25) is 0 Å². The van der Waals surface area contributed by atoms with Crippen molar-refractivity contribution in [2.24, 2.45) is 5.41 Å². The predicted octanol–water partition coefficient (Wildman–Crippen LogP) is 1.06. The van der Waals surface area contributed by atoms with Crippen LogP contribution in [0.25, 0.3) is 0 Å². The van der Waals surface area contributed by atoms with Crippen molar-refractivity contribution in [3.8, 4) is 6.07 Å². The van der Waals surface area contributed by atoms with Gasteiger partial charge in [-0.25, -0.2) is 0 Å². The second kappa shape index (κ2) is 8.90. The van der Waals surface area contributed by atoms with Crippen molar-refractivity contribution in [2.75, 3.05) is 26.8 Å². The minimum absolute atomic E-state index is 0.0217. The fraction of sp³-hybridized carbons (Fsp3) is 0.846. The minimum Gasteiger partial charge on any atom is -0.383 e. The predicted molar refractivity (Wildman–Crippen MR) is 71.0 cm³/mol. The molecule has 0 rings (SSSR count). The smallest absolute Gasteiger partial charge is 0.236 e. The molecule has 0 aliphatic rings. The lowest BCUT2D eigenvalue weighted by molar-refractivity contribution is -0.122. The van der Waals surface area contributed by atoms with E-state index in [9.17, 15) is 4.79 Å². The number of rotatable bonds is 9. The molecule has 104 valence electrons. The number of ether oxygens (including phenoxy) is 1. The Morgan fingerprint density at radius 1 is 1.44 bits per heavy atom. The second-order valence-corrected chi connectivity index (χ2v) is 5.06. The van der Waals surface area contributed by atoms with Gasteiger partial charge in [0.2, 0.25) is 5.91 Å². The van der Waals surface area contributed by atoms with Crippen LogP contribution in [0.5, 0.6) is 0 Å². The van der Waals surface area contributed by atoms with Crippen molar-refractivity contribution >= 4 is 5.91 Å². The molecule has 0 bridgehead atoms. The summed E-state index contributed by atoms with van der Waals surface area (Å²) in [5.41, 5.74) is -0.286. The summed E-state index contributed by atoms with van der Waals surface area (Å²) in [6, 6.07) is 2.05. The first-order valence-corrected chi connectivity index (χ1v) is 6.34. The van der Waals surface area contributed by atoms with Crippen LogP contribution in [0.4, 0.5) is 0 Å². The topological polar surface area (TPSA) is 74.2 Å². The maximum atomic E-state index is 11.6. The average Bonchev–Trinajstić information content (AvgIpc) is 2.34. The lowest BCUT2D eigenvalue weighted by Crippen LogP contribution is -2.43. The Morgan fingerprint density at radius 2 is 2.11 bits per heavy atom. The Kier molecular flexibility index (Phi) is 8.34. The first kappa shape index (κ1) is 16.9. The molecule has 0 saturated heterocycles. The highest BCUT2D eigenvalue weighted by Crippen LogP contribution is 2.19. The SMILES string of the molecule is COCCNC(=O)C(C)NCCCC(C)(C)C#N. The molecule has 0 fully saturated rings. The highest BCUT2D eigenvalue weighted by atomic mass is 16.5. The molecule has 0 aliphatic heterocycles. The third-order valence-electron chi connectivity index (χ3n) is 2.73. The van der Waals surface area contributed by atoms with Crippen molar-refractivity contribution in [1.29, 1.82) is 5.26 Å². The zero-order valence-electron chi connectivity index (χ0n) is 11.9. The van der Waals surface area contributed by atoms with Crippen LogP contribution in [-0.2, 0) is 9.53 Å². The van der Waals surface area contributed by atoms with Gasteiger partial charge in [0.05, 0.1) is 24.1 Å². The highest BCUT2D eigenvalue weighted by molar-refractivity contribution is 5.81. The summed E-state index contributed by atoms with van der Waals surface area (Å²) in [7, 11) is 1.60. The highest BCUT2D eigenvalue weighted by Gasteiger charge is 2.16. The quantitative estimate of drug-likeness (QED) is 0.604. The average molecular weight is 255 g/mol. The molecule has 1 amide bonds. The molecule has 0 spiro atoms. The number of nitrogens with zero attached hydrogens (tertiary/aromatic N) is 1. The normalized spacial score (nSPS) is 12.8. The molecule has 5 heteroatoms. The van der Waals surface area contributed by atoms with Crippen LogP contribution in [0.1, 0.15) is 33.6 Å². The van der Waals surface area contributed by atoms with Gasteiger partial charge in [-0.3, -0.25) is 4.79 Å². The van der Waals surface area contributed by atoms with E-state index in [2.05, 4.69) is 16.7 Å². The molecule has 2 N–H and O–H groups in total. The lowest BCUT2D eigenvalue weighted by atomic mass is 9.90. The van der Waals surface area contributed by atoms with Gasteiger partial charge >= 0.3 is 0 Å². The second-order valence-electron chi connectivity index (χ2n) is 5.06. The summed E-state index contributed by atoms with van der Waals surface area (Å²) in [4.78, 5) is 11.6. The molecule has 0 aromatic rings. The van der Waals surface area contributed by atoms with E-state index < -0.39 is 0 Å². The van der Waals surface area contributed by atoms with Crippen LogP contribution in [0.3, 0.4) is 0 Å². The Balaban J connectivity index is 3.67. The van der Waals surface area contributed by atoms with Crippen LogP contribution >= 0.6 is 0 Å². The summed E-state index contributed by atoms with van der Waals surface area (Å²) >= 11 is 0. The summed E-state index contributed by atoms with van der Waals surface area (Å²) in [5.74, 6) is -0.0217. The van der Waals surface area contributed by atoms with Gasteiger partial charge in [0.25, 0.3) is 0 Å². The van der Waals surface area contributed by atoms with Gasteiger partial charge in [-0.1, -0.05) is 0 Å². The molecule has 18 heavy (non-hydrogen) atoms. The minimum atomic E-state index is -0.286. The number of nitrogens with one attached hydrogen (secondary N) is 2. The fourth-order valence-electron chi connectivity index (χ4n) is 1.43. The van der Waals surface area contributed by atoms with Crippen LogP contribution < -0.4 is 10.6 Å². The number of hydrogen-bond acceptors (Lipinski definition) is 4. The van der Waals surface area contributed by atoms with Crippen LogP contribution in [0.15, 0.2) is 0 Å². The largest absolute Gasteiger partial charge is 0.383 e. The van der Waals surface area contributed by atoms with Gasteiger partial charge in [0, 0.05) is 13.7 Å². The zero-order valence-corrected chi connectivity index (χ0v) is 11.9. The van der Waals surface area contributed by atoms with Crippen molar-refractivity contribution in [1.82, 2.24) is 10.6 Å². The molecule has 0 aliphatic carbocycles. The standard InChI is InChI=1S/C13H25N3O2/c1-11(12(17)16-8-9-18-4)15-7-5-6-13(2,3)10-14/h11,15H,5-9H2,1-4H3,(H,16,17). The van der Waals surface area contributed by atoms with E-state index in [0.29, 0.717) is 13.2 Å². The Hall–Kier alpha value is -1.12.